The van der Waals surface area contributed by atoms with Crippen molar-refractivity contribution in [3.05, 3.63) is 0 Å². The van der Waals surface area contributed by atoms with E-state index < -0.39 is 47.8 Å². The van der Waals surface area contributed by atoms with Crippen LogP contribution in [0.2, 0.25) is 0 Å². The Morgan fingerprint density at radius 2 is 1.19 bits per heavy atom. The van der Waals surface area contributed by atoms with Crippen LogP contribution in [0.15, 0.2) is 0 Å². The molecule has 7 N–H and O–H groups in total. The highest BCUT2D eigenvalue weighted by Crippen LogP contribution is 2.12. The van der Waals surface area contributed by atoms with Crippen LogP contribution in [-0.2, 0) is 24.0 Å². The van der Waals surface area contributed by atoms with Gasteiger partial charge in [0.15, 0.2) is 0 Å². The second-order valence-electron chi connectivity index (χ2n) is 9.08. The molecule has 0 aliphatic rings. The van der Waals surface area contributed by atoms with Gasteiger partial charge in [-0.1, -0.05) is 71.1 Å². The lowest BCUT2D eigenvalue weighted by molar-refractivity contribution is -0.143. The average molecular weight is 549 g/mol. The van der Waals surface area contributed by atoms with E-state index in [0.717, 1.165) is 50.3 Å². The molecule has 0 unspecified atom stereocenters. The predicted molar refractivity (Wildman–Crippen MR) is 142 cm³/mol. The second-order valence-corrected chi connectivity index (χ2v) is 10.2. The number of carbonyl (C=O) groups is 5. The molecule has 0 bridgehead atoms. The molecule has 0 aliphatic carbocycles. The Hall–Kier alpha value is -2.34. The molecule has 214 valence electrons. The van der Waals surface area contributed by atoms with Crippen molar-refractivity contribution < 1.29 is 40.7 Å². The van der Waals surface area contributed by atoms with Crippen molar-refractivity contribution in [1.82, 2.24) is 10.6 Å². The Balaban J connectivity index is 4.15. The zero-order chi connectivity index (χ0) is 28.8. The first kappa shape index (κ1) is 32.7. The monoisotopic (exact) mass is 548 g/mol. The third kappa shape index (κ3) is 19.4. The molecule has 2 amide bonds. The number of carboxylic acid groups (broad SMARTS) is 3. The number of nitrogens with two attached hydrogens (primary N) is 1. The molecule has 0 saturated carbocycles. The first-order valence-corrected chi connectivity index (χ1v) is 14.1. The predicted octanol–water partition coefficient (Wildman–Crippen LogP) is 2.75. The summed E-state index contributed by atoms with van der Waals surface area (Å²) in [7, 11) is 0. The van der Waals surface area contributed by atoms with Gasteiger partial charge in [-0.25, -0.2) is 9.59 Å². The number of aliphatic carboxylic acids is 3. The van der Waals surface area contributed by atoms with E-state index in [1.807, 2.05) is 0 Å². The van der Waals surface area contributed by atoms with Crippen LogP contribution >= 0.6 is 11.8 Å². The number of carboxylic acids is 3. The third-order valence-corrected chi connectivity index (χ3v) is 6.89. The Kier molecular flexibility index (Phi) is 19.2. The average Bonchev–Trinajstić information content (AvgIpc) is 2.86. The topological polar surface area (TPSA) is 196 Å². The number of carbonyl (C=O) groups excluding carboxylic acids is 2. The van der Waals surface area contributed by atoms with Gasteiger partial charge in [0.1, 0.15) is 18.1 Å². The zero-order valence-electron chi connectivity index (χ0n) is 22.6. The van der Waals surface area contributed by atoms with Crippen molar-refractivity contribution in [2.24, 2.45) is 5.73 Å². The SMILES string of the molecule is [2H]CCCCCCCCCCCCCC(=O)N[C@@H](CCC(=O)N[C@H](CSC[C@H](N)C(=O)O)C(=O)O)C(=O)O. The highest BCUT2D eigenvalue weighted by Gasteiger charge is 2.24. The van der Waals surface area contributed by atoms with Crippen LogP contribution < -0.4 is 16.4 Å². The molecule has 11 nitrogen and oxygen atoms in total. The number of rotatable bonds is 24. The Morgan fingerprint density at radius 3 is 1.70 bits per heavy atom. The lowest BCUT2D eigenvalue weighted by Gasteiger charge is -2.17. The maximum absolute atomic E-state index is 12.2. The van der Waals surface area contributed by atoms with E-state index in [9.17, 15) is 34.2 Å². The molecule has 37 heavy (non-hydrogen) atoms. The molecule has 0 aromatic carbocycles. The quantitative estimate of drug-likeness (QED) is 0.0975. The Labute approximate surface area is 225 Å². The van der Waals surface area contributed by atoms with Gasteiger partial charge in [-0.2, -0.15) is 11.8 Å². The summed E-state index contributed by atoms with van der Waals surface area (Å²) >= 11 is 0.967. The lowest BCUT2D eigenvalue weighted by Crippen LogP contribution is -2.45. The van der Waals surface area contributed by atoms with E-state index in [1.165, 1.54) is 25.7 Å². The molecular weight excluding hydrogens is 502 g/mol. The van der Waals surface area contributed by atoms with Gasteiger partial charge in [0.05, 0.1) is 0 Å². The number of hydrogen-bond donors (Lipinski definition) is 6. The first-order chi connectivity index (χ1) is 18.1. The number of thioether (sulfide) groups is 1. The fourth-order valence-corrected chi connectivity index (χ4v) is 4.50. The number of nitrogens with one attached hydrogen (secondary N) is 2. The van der Waals surface area contributed by atoms with Crippen LogP contribution in [0.5, 0.6) is 0 Å². The van der Waals surface area contributed by atoms with Gasteiger partial charge in [-0.05, 0) is 12.8 Å². The summed E-state index contributed by atoms with van der Waals surface area (Å²) in [6.45, 7) is 0.511. The molecule has 0 aromatic rings. The van der Waals surface area contributed by atoms with E-state index in [2.05, 4.69) is 10.6 Å². The number of amides is 2. The summed E-state index contributed by atoms with van der Waals surface area (Å²) in [5.74, 6) is -5.03. The summed E-state index contributed by atoms with van der Waals surface area (Å²) in [6.07, 6.45) is 11.4. The molecule has 3 atom stereocenters. The summed E-state index contributed by atoms with van der Waals surface area (Å²) in [5, 5.41) is 32.1. The van der Waals surface area contributed by atoms with Gasteiger partial charge in [0.2, 0.25) is 11.8 Å². The van der Waals surface area contributed by atoms with E-state index in [0.29, 0.717) is 13.3 Å². The first-order valence-electron chi connectivity index (χ1n) is 13.7. The number of unbranched alkanes of at least 4 members (excludes halogenated alkanes) is 10. The van der Waals surface area contributed by atoms with Crippen molar-refractivity contribution in [2.75, 3.05) is 11.5 Å². The van der Waals surface area contributed by atoms with Crippen LogP contribution in [0.3, 0.4) is 0 Å². The maximum atomic E-state index is 12.2. The molecular formula is C25H45N3O8S. The molecule has 12 heteroatoms. The number of hydrogen-bond acceptors (Lipinski definition) is 7. The van der Waals surface area contributed by atoms with Gasteiger partial charge < -0.3 is 31.7 Å². The van der Waals surface area contributed by atoms with Crippen LogP contribution in [0.25, 0.3) is 0 Å². The molecule has 0 radical (unpaired) electrons. The molecule has 0 aliphatic heterocycles. The smallest absolute Gasteiger partial charge is 0.327 e. The maximum Gasteiger partial charge on any atom is 0.327 e. The summed E-state index contributed by atoms with van der Waals surface area (Å²) in [6, 6.07) is -3.71. The summed E-state index contributed by atoms with van der Waals surface area (Å²) < 4.78 is 7.11. The van der Waals surface area contributed by atoms with Crippen molar-refractivity contribution in [3.63, 3.8) is 0 Å². The van der Waals surface area contributed by atoms with Gasteiger partial charge in [-0.15, -0.1) is 0 Å². The Morgan fingerprint density at radius 1 is 0.703 bits per heavy atom. The van der Waals surface area contributed by atoms with Gasteiger partial charge in [-0.3, -0.25) is 14.4 Å². The Bertz CT molecular complexity index is 729. The van der Waals surface area contributed by atoms with E-state index in [-0.39, 0.29) is 30.8 Å². The highest BCUT2D eigenvalue weighted by molar-refractivity contribution is 7.99. The minimum Gasteiger partial charge on any atom is -0.480 e. The van der Waals surface area contributed by atoms with Crippen LogP contribution in [0.1, 0.15) is 98.2 Å². The lowest BCUT2D eigenvalue weighted by atomic mass is 10.0. The molecule has 0 heterocycles. The van der Waals surface area contributed by atoms with Gasteiger partial charge in [0.25, 0.3) is 0 Å². The summed E-state index contributed by atoms with van der Waals surface area (Å²) in [4.78, 5) is 57.9. The zero-order valence-corrected chi connectivity index (χ0v) is 22.4. The van der Waals surface area contributed by atoms with Crippen LogP contribution in [0.4, 0.5) is 0 Å². The van der Waals surface area contributed by atoms with Crippen molar-refractivity contribution in [1.29, 1.82) is 0 Å². The largest absolute Gasteiger partial charge is 0.480 e. The van der Waals surface area contributed by atoms with Crippen LogP contribution in [0, 0.1) is 0 Å². The second kappa shape index (κ2) is 21.7. The molecule has 0 fully saturated rings. The van der Waals surface area contributed by atoms with Gasteiger partial charge >= 0.3 is 17.9 Å². The van der Waals surface area contributed by atoms with Crippen molar-refractivity contribution >= 4 is 41.5 Å². The van der Waals surface area contributed by atoms with E-state index >= 15 is 0 Å². The minimum atomic E-state index is -1.31. The van der Waals surface area contributed by atoms with E-state index in [4.69, 9.17) is 12.2 Å². The van der Waals surface area contributed by atoms with E-state index in [1.54, 1.807) is 0 Å². The van der Waals surface area contributed by atoms with Crippen LogP contribution in [-0.4, -0.2) is 74.7 Å². The fraction of sp³-hybridized carbons (Fsp3) is 0.800. The molecule has 0 saturated heterocycles. The minimum absolute atomic E-state index is 0.0313. The summed E-state index contributed by atoms with van der Waals surface area (Å²) in [5.41, 5.74) is 5.36. The normalized spacial score (nSPS) is 13.7. The molecule has 0 aromatic heterocycles. The highest BCUT2D eigenvalue weighted by atomic mass is 32.2. The standard InChI is InChI=1S/C25H45N3O8S/c1-2-3-4-5-6-7-8-9-10-11-12-13-21(29)27-19(24(33)34)14-15-22(30)28-20(25(35)36)17-37-16-18(26)23(31)32/h18-20H,2-17,26H2,1H3,(H,27,29)(H,28,30)(H,31,32)(H,33,34)(H,35,36)/t18-,19-,20+/m0/s1/i1D. The van der Waals surface area contributed by atoms with Gasteiger partial charge in [0, 0.05) is 25.7 Å². The third-order valence-electron chi connectivity index (χ3n) is 5.73. The molecule has 0 spiro atoms. The molecule has 0 rings (SSSR count). The van der Waals surface area contributed by atoms with Crippen molar-refractivity contribution in [2.45, 2.75) is 115 Å². The van der Waals surface area contributed by atoms with Crippen molar-refractivity contribution in [3.8, 4) is 0 Å². The fourth-order valence-electron chi connectivity index (χ4n) is 3.50.